The molecule has 3 aromatic rings. The second-order valence-corrected chi connectivity index (χ2v) is 8.19. The lowest BCUT2D eigenvalue weighted by Gasteiger charge is -2.18. The lowest BCUT2D eigenvalue weighted by molar-refractivity contribution is -0.147. The Morgan fingerprint density at radius 3 is 2.48 bits per heavy atom. The number of fused-ring (bicyclic) bond motifs is 1. The molecule has 0 spiro atoms. The van der Waals surface area contributed by atoms with Gasteiger partial charge in [-0.2, -0.15) is 13.2 Å². The molecule has 3 rings (SSSR count). The summed E-state index contributed by atoms with van der Waals surface area (Å²) in [7, 11) is 1.83. The van der Waals surface area contributed by atoms with Crippen LogP contribution in [0.1, 0.15) is 19.7 Å². The molecule has 0 fully saturated rings. The van der Waals surface area contributed by atoms with Crippen molar-refractivity contribution in [2.75, 3.05) is 16.7 Å². The van der Waals surface area contributed by atoms with Gasteiger partial charge in [0.25, 0.3) is 0 Å². The number of halogens is 3. The van der Waals surface area contributed by atoms with Gasteiger partial charge in [0.15, 0.2) is 0 Å². The molecule has 0 atom stereocenters. The van der Waals surface area contributed by atoms with Gasteiger partial charge in [-0.3, -0.25) is 4.79 Å². The maximum absolute atomic E-state index is 13.4. The number of rotatable bonds is 7. The van der Waals surface area contributed by atoms with E-state index in [2.05, 4.69) is 10.3 Å². The van der Waals surface area contributed by atoms with Crippen molar-refractivity contribution in [3.05, 3.63) is 48.3 Å². The molecule has 0 aliphatic carbocycles. The van der Waals surface area contributed by atoms with E-state index >= 15 is 0 Å². The van der Waals surface area contributed by atoms with Crippen LogP contribution in [0.15, 0.2) is 47.4 Å². The molecule has 9 heteroatoms. The zero-order chi connectivity index (χ0) is 21.2. The average molecular weight is 422 g/mol. The Bertz CT molecular complexity index is 999. The zero-order valence-corrected chi connectivity index (χ0v) is 17.0. The Balaban J connectivity index is 1.89. The number of amides is 1. The van der Waals surface area contributed by atoms with E-state index in [1.54, 1.807) is 30.3 Å². The molecular formula is C20H21F3N4OS. The standard InChI is InChI=1S/C20H21F3N4OS/c1-13(2)11-27-18-9-6-15(10-17(18)25-19(27)20(21,22)23)26(3)29-16-7-4-14(5-8-16)24-12-28/h4-10,12-13H,11H2,1-3H3,(H,24,28). The van der Waals surface area contributed by atoms with Crippen molar-refractivity contribution in [1.29, 1.82) is 0 Å². The van der Waals surface area contributed by atoms with Gasteiger partial charge < -0.3 is 14.2 Å². The number of anilines is 2. The van der Waals surface area contributed by atoms with E-state index < -0.39 is 12.0 Å². The van der Waals surface area contributed by atoms with E-state index in [-0.39, 0.29) is 12.5 Å². The maximum atomic E-state index is 13.4. The van der Waals surface area contributed by atoms with E-state index in [1.807, 2.05) is 37.3 Å². The van der Waals surface area contributed by atoms with Crippen LogP contribution in [0.3, 0.4) is 0 Å². The fourth-order valence-corrected chi connectivity index (χ4v) is 3.76. The highest BCUT2D eigenvalue weighted by Gasteiger charge is 2.37. The van der Waals surface area contributed by atoms with E-state index in [9.17, 15) is 18.0 Å². The molecule has 2 aromatic carbocycles. The van der Waals surface area contributed by atoms with Gasteiger partial charge in [-0.1, -0.05) is 13.8 Å². The summed E-state index contributed by atoms with van der Waals surface area (Å²) in [4.78, 5) is 15.3. The quantitative estimate of drug-likeness (QED) is 0.408. The van der Waals surface area contributed by atoms with Crippen LogP contribution < -0.4 is 9.62 Å². The van der Waals surface area contributed by atoms with Gasteiger partial charge in [0.05, 0.1) is 11.0 Å². The topological polar surface area (TPSA) is 50.2 Å². The monoisotopic (exact) mass is 422 g/mol. The van der Waals surface area contributed by atoms with Crippen LogP contribution in [0, 0.1) is 5.92 Å². The second-order valence-electron chi connectivity index (χ2n) is 6.99. The Labute approximate surface area is 171 Å². The molecule has 1 N–H and O–H groups in total. The van der Waals surface area contributed by atoms with Gasteiger partial charge in [-0.15, -0.1) is 0 Å². The van der Waals surface area contributed by atoms with Crippen LogP contribution in [0.25, 0.3) is 11.0 Å². The minimum atomic E-state index is -4.51. The van der Waals surface area contributed by atoms with Crippen LogP contribution >= 0.6 is 11.9 Å². The van der Waals surface area contributed by atoms with Crippen LogP contribution in [0.4, 0.5) is 24.5 Å². The molecule has 1 heterocycles. The van der Waals surface area contributed by atoms with E-state index in [4.69, 9.17) is 0 Å². The summed E-state index contributed by atoms with van der Waals surface area (Å²) in [5, 5.41) is 2.57. The minimum absolute atomic E-state index is 0.0584. The largest absolute Gasteiger partial charge is 0.449 e. The van der Waals surface area contributed by atoms with Crippen LogP contribution in [-0.2, 0) is 17.5 Å². The summed E-state index contributed by atoms with van der Waals surface area (Å²) in [6.07, 6.45) is -3.90. The number of aromatic nitrogens is 2. The third-order valence-electron chi connectivity index (χ3n) is 4.22. The number of alkyl halides is 3. The Hall–Kier alpha value is -2.68. The van der Waals surface area contributed by atoms with Crippen LogP contribution in [-0.4, -0.2) is 23.0 Å². The summed E-state index contributed by atoms with van der Waals surface area (Å²) in [6, 6.07) is 12.4. The molecule has 1 amide bonds. The number of benzene rings is 2. The predicted molar refractivity (Wildman–Crippen MR) is 110 cm³/mol. The first-order chi connectivity index (χ1) is 13.7. The first-order valence-electron chi connectivity index (χ1n) is 8.98. The molecule has 0 saturated carbocycles. The van der Waals surface area contributed by atoms with E-state index in [0.717, 1.165) is 10.6 Å². The average Bonchev–Trinajstić information content (AvgIpc) is 3.01. The van der Waals surface area contributed by atoms with Crippen LogP contribution in [0.5, 0.6) is 0 Å². The number of nitrogens with one attached hydrogen (secondary N) is 1. The maximum Gasteiger partial charge on any atom is 0.449 e. The fraction of sp³-hybridized carbons (Fsp3) is 0.300. The van der Waals surface area contributed by atoms with Gasteiger partial charge in [-0.05, 0) is 60.3 Å². The molecule has 0 aliphatic heterocycles. The van der Waals surface area contributed by atoms with E-state index in [0.29, 0.717) is 23.1 Å². The Kier molecular flexibility index (Phi) is 6.07. The molecule has 0 radical (unpaired) electrons. The van der Waals surface area contributed by atoms with E-state index in [1.165, 1.54) is 16.5 Å². The summed E-state index contributed by atoms with van der Waals surface area (Å²) >= 11 is 1.42. The number of carbonyl (C=O) groups is 1. The molecular weight excluding hydrogens is 401 g/mol. The molecule has 1 aromatic heterocycles. The van der Waals surface area contributed by atoms with Crippen molar-refractivity contribution in [2.24, 2.45) is 5.92 Å². The SMILES string of the molecule is CC(C)Cn1c(C(F)(F)F)nc2cc(N(C)Sc3ccc(NC=O)cc3)ccc21. The molecule has 0 bridgehead atoms. The van der Waals surface area contributed by atoms with Crippen LogP contribution in [0.2, 0.25) is 0 Å². The number of imidazole rings is 1. The highest BCUT2D eigenvalue weighted by Crippen LogP contribution is 2.35. The van der Waals surface area contributed by atoms with Crippen molar-refractivity contribution in [3.8, 4) is 0 Å². The third kappa shape index (κ3) is 4.84. The molecule has 0 aliphatic rings. The van der Waals surface area contributed by atoms with Gasteiger partial charge in [0.2, 0.25) is 12.2 Å². The summed E-state index contributed by atoms with van der Waals surface area (Å²) < 4.78 is 43.4. The molecule has 5 nitrogen and oxygen atoms in total. The molecule has 0 saturated heterocycles. The van der Waals surface area contributed by atoms with Crippen molar-refractivity contribution in [1.82, 2.24) is 9.55 Å². The number of hydrogen-bond donors (Lipinski definition) is 1. The van der Waals surface area contributed by atoms with Crippen molar-refractivity contribution < 1.29 is 18.0 Å². The first-order valence-corrected chi connectivity index (χ1v) is 9.76. The summed E-state index contributed by atoms with van der Waals surface area (Å²) in [5.41, 5.74) is 2.20. The van der Waals surface area contributed by atoms with Gasteiger partial charge in [0, 0.05) is 29.9 Å². The van der Waals surface area contributed by atoms with Gasteiger partial charge in [-0.25, -0.2) is 4.98 Å². The Morgan fingerprint density at radius 2 is 1.90 bits per heavy atom. The Morgan fingerprint density at radius 1 is 1.21 bits per heavy atom. The number of nitrogens with zero attached hydrogens (tertiary/aromatic N) is 3. The van der Waals surface area contributed by atoms with Crippen molar-refractivity contribution >= 4 is 40.8 Å². The molecule has 0 unspecified atom stereocenters. The summed E-state index contributed by atoms with van der Waals surface area (Å²) in [5.74, 6) is -0.810. The molecule has 154 valence electrons. The minimum Gasteiger partial charge on any atom is -0.329 e. The number of carbonyl (C=O) groups excluding carboxylic acids is 1. The number of hydrogen-bond acceptors (Lipinski definition) is 4. The lowest BCUT2D eigenvalue weighted by atomic mass is 10.2. The predicted octanol–water partition coefficient (Wildman–Crippen LogP) is 5.42. The highest BCUT2D eigenvalue weighted by atomic mass is 32.2. The van der Waals surface area contributed by atoms with Crippen molar-refractivity contribution in [3.63, 3.8) is 0 Å². The second kappa shape index (κ2) is 8.36. The third-order valence-corrected chi connectivity index (χ3v) is 5.19. The lowest BCUT2D eigenvalue weighted by Crippen LogP contribution is -2.17. The zero-order valence-electron chi connectivity index (χ0n) is 16.2. The van der Waals surface area contributed by atoms with Gasteiger partial charge >= 0.3 is 6.18 Å². The highest BCUT2D eigenvalue weighted by molar-refractivity contribution is 8.00. The molecule has 29 heavy (non-hydrogen) atoms. The first kappa shape index (κ1) is 21.0. The summed E-state index contributed by atoms with van der Waals surface area (Å²) in [6.45, 7) is 4.00. The normalized spacial score (nSPS) is 11.8. The smallest absolute Gasteiger partial charge is 0.329 e. The fourth-order valence-electron chi connectivity index (χ4n) is 2.97. The van der Waals surface area contributed by atoms with Crippen molar-refractivity contribution in [2.45, 2.75) is 31.5 Å². The van der Waals surface area contributed by atoms with Gasteiger partial charge in [0.1, 0.15) is 0 Å².